The Morgan fingerprint density at radius 2 is 1.62 bits per heavy atom. The monoisotopic (exact) mass is 397 g/mol. The van der Waals surface area contributed by atoms with Crippen LogP contribution in [0.15, 0.2) is 60.7 Å². The predicted octanol–water partition coefficient (Wildman–Crippen LogP) is 6.90. The van der Waals surface area contributed by atoms with Crippen LogP contribution in [0.2, 0.25) is 0 Å². The third kappa shape index (κ3) is 14.4. The molecular formula is C26H39NO2. The Labute approximate surface area is 177 Å². The van der Waals surface area contributed by atoms with E-state index < -0.39 is 0 Å². The molecule has 3 heteroatoms. The quantitative estimate of drug-likeness (QED) is 0.243. The molecule has 1 amide bonds. The Bertz CT molecular complexity index is 631. The molecule has 1 aromatic carbocycles. The molecule has 0 bridgehead atoms. The summed E-state index contributed by atoms with van der Waals surface area (Å²) in [4.78, 5) is 11.9. The van der Waals surface area contributed by atoms with Crippen molar-refractivity contribution in [2.45, 2.75) is 77.7 Å². The van der Waals surface area contributed by atoms with Gasteiger partial charge in [0.05, 0.1) is 7.11 Å². The summed E-state index contributed by atoms with van der Waals surface area (Å²) in [5.41, 5.74) is 1.06. The normalized spacial score (nSPS) is 11.7. The first kappa shape index (κ1) is 24.7. The van der Waals surface area contributed by atoms with Gasteiger partial charge in [-0.1, -0.05) is 74.8 Å². The molecule has 0 unspecified atom stereocenters. The third-order valence-corrected chi connectivity index (χ3v) is 4.68. The zero-order chi connectivity index (χ0) is 21.0. The van der Waals surface area contributed by atoms with Crippen molar-refractivity contribution in [3.63, 3.8) is 0 Å². The Morgan fingerprint density at radius 3 is 2.38 bits per heavy atom. The van der Waals surface area contributed by atoms with Gasteiger partial charge < -0.3 is 10.1 Å². The highest BCUT2D eigenvalue weighted by Gasteiger charge is 2.02. The van der Waals surface area contributed by atoms with Gasteiger partial charge in [0.1, 0.15) is 5.75 Å². The maximum absolute atomic E-state index is 11.9. The van der Waals surface area contributed by atoms with Gasteiger partial charge >= 0.3 is 0 Å². The minimum Gasteiger partial charge on any atom is -0.497 e. The second-order valence-corrected chi connectivity index (χ2v) is 7.23. The zero-order valence-electron chi connectivity index (χ0n) is 18.4. The number of ether oxygens (including phenoxy) is 1. The van der Waals surface area contributed by atoms with Crippen LogP contribution in [0.5, 0.6) is 5.75 Å². The number of methoxy groups -OCH3 is 1. The molecule has 1 rings (SSSR count). The zero-order valence-corrected chi connectivity index (χ0v) is 18.4. The number of allylic oxidation sites excluding steroid dienone is 6. The van der Waals surface area contributed by atoms with Gasteiger partial charge in [0.15, 0.2) is 0 Å². The number of carbonyl (C=O) groups excluding carboxylic acids is 1. The lowest BCUT2D eigenvalue weighted by Crippen LogP contribution is -2.22. The first-order valence-corrected chi connectivity index (χ1v) is 11.1. The Morgan fingerprint density at radius 1 is 0.931 bits per heavy atom. The number of amides is 1. The molecule has 0 fully saturated rings. The maximum Gasteiger partial charge on any atom is 0.220 e. The summed E-state index contributed by atoms with van der Waals surface area (Å²) < 4.78 is 5.20. The van der Waals surface area contributed by atoms with Crippen LogP contribution >= 0.6 is 0 Å². The van der Waals surface area contributed by atoms with Crippen molar-refractivity contribution < 1.29 is 9.53 Å². The fourth-order valence-electron chi connectivity index (χ4n) is 2.98. The molecule has 0 saturated carbocycles. The summed E-state index contributed by atoms with van der Waals surface area (Å²) >= 11 is 0. The van der Waals surface area contributed by atoms with E-state index in [0.29, 0.717) is 13.0 Å². The Hall–Kier alpha value is -2.29. The SMILES string of the molecule is CCC=CCC=CCC=CCCCCCCCC(=O)NCc1cccc(OC)c1. The molecule has 1 N–H and O–H groups in total. The van der Waals surface area contributed by atoms with E-state index in [0.717, 1.165) is 49.8 Å². The van der Waals surface area contributed by atoms with E-state index in [1.54, 1.807) is 7.11 Å². The summed E-state index contributed by atoms with van der Waals surface area (Å²) in [5, 5.41) is 2.99. The molecule has 160 valence electrons. The predicted molar refractivity (Wildman–Crippen MR) is 124 cm³/mol. The van der Waals surface area contributed by atoms with Gasteiger partial charge in [-0.25, -0.2) is 0 Å². The molecule has 0 atom stereocenters. The van der Waals surface area contributed by atoms with E-state index in [2.05, 4.69) is 48.7 Å². The van der Waals surface area contributed by atoms with Gasteiger partial charge in [-0.3, -0.25) is 4.79 Å². The fourth-order valence-corrected chi connectivity index (χ4v) is 2.98. The Balaban J connectivity index is 1.94. The molecule has 0 aliphatic heterocycles. The molecule has 0 aromatic heterocycles. The van der Waals surface area contributed by atoms with Crippen molar-refractivity contribution in [3.8, 4) is 5.75 Å². The molecule has 0 heterocycles. The van der Waals surface area contributed by atoms with Crippen molar-refractivity contribution in [1.82, 2.24) is 5.32 Å². The molecule has 0 aliphatic rings. The van der Waals surface area contributed by atoms with Crippen LogP contribution in [0.1, 0.15) is 76.7 Å². The van der Waals surface area contributed by atoms with Crippen LogP contribution in [-0.4, -0.2) is 13.0 Å². The van der Waals surface area contributed by atoms with Crippen LogP contribution in [0.3, 0.4) is 0 Å². The van der Waals surface area contributed by atoms with Crippen molar-refractivity contribution in [3.05, 3.63) is 66.3 Å². The largest absolute Gasteiger partial charge is 0.497 e. The van der Waals surface area contributed by atoms with Gasteiger partial charge in [-0.2, -0.15) is 0 Å². The van der Waals surface area contributed by atoms with Gasteiger partial charge in [0.25, 0.3) is 0 Å². The second kappa shape index (κ2) is 17.8. The lowest BCUT2D eigenvalue weighted by molar-refractivity contribution is -0.121. The number of benzene rings is 1. The standard InChI is InChI=1S/C26H39NO2/c1-3-4-5-6-7-8-9-10-11-12-13-14-15-16-17-21-26(28)27-23-24-19-18-20-25(22-24)29-2/h4-5,7-8,10-11,18-20,22H,3,6,9,12-17,21,23H2,1-2H3,(H,27,28). The molecule has 0 spiro atoms. The smallest absolute Gasteiger partial charge is 0.220 e. The number of carbonyl (C=O) groups is 1. The average Bonchev–Trinajstić information content (AvgIpc) is 2.75. The number of hydrogen-bond donors (Lipinski definition) is 1. The van der Waals surface area contributed by atoms with Crippen molar-refractivity contribution in [2.24, 2.45) is 0 Å². The molecule has 29 heavy (non-hydrogen) atoms. The van der Waals surface area contributed by atoms with Gasteiger partial charge in [0.2, 0.25) is 5.91 Å². The summed E-state index contributed by atoms with van der Waals surface area (Å²) in [6.45, 7) is 2.72. The summed E-state index contributed by atoms with van der Waals surface area (Å²) in [5.74, 6) is 0.955. The topological polar surface area (TPSA) is 38.3 Å². The summed E-state index contributed by atoms with van der Waals surface area (Å²) in [7, 11) is 1.65. The van der Waals surface area contributed by atoms with Crippen LogP contribution in [-0.2, 0) is 11.3 Å². The van der Waals surface area contributed by atoms with Crippen LogP contribution in [0, 0.1) is 0 Å². The van der Waals surface area contributed by atoms with E-state index in [1.165, 1.54) is 19.3 Å². The van der Waals surface area contributed by atoms with Gasteiger partial charge in [-0.15, -0.1) is 0 Å². The number of nitrogens with one attached hydrogen (secondary N) is 1. The molecule has 3 nitrogen and oxygen atoms in total. The molecular weight excluding hydrogens is 358 g/mol. The van der Waals surface area contributed by atoms with E-state index >= 15 is 0 Å². The summed E-state index contributed by atoms with van der Waals surface area (Å²) in [6.07, 6.45) is 24.2. The fraction of sp³-hybridized carbons (Fsp3) is 0.500. The van der Waals surface area contributed by atoms with Crippen LogP contribution in [0.25, 0.3) is 0 Å². The number of unbranched alkanes of at least 4 members (excludes halogenated alkanes) is 5. The Kier molecular flexibility index (Phi) is 15.2. The first-order chi connectivity index (χ1) is 14.3. The van der Waals surface area contributed by atoms with Gasteiger partial charge in [-0.05, 0) is 56.2 Å². The second-order valence-electron chi connectivity index (χ2n) is 7.23. The molecule has 0 saturated heterocycles. The van der Waals surface area contributed by atoms with Crippen LogP contribution < -0.4 is 10.1 Å². The van der Waals surface area contributed by atoms with Crippen LogP contribution in [0.4, 0.5) is 0 Å². The van der Waals surface area contributed by atoms with Crippen molar-refractivity contribution in [1.29, 1.82) is 0 Å². The van der Waals surface area contributed by atoms with E-state index in [1.807, 2.05) is 24.3 Å². The average molecular weight is 398 g/mol. The van der Waals surface area contributed by atoms with E-state index in [9.17, 15) is 4.79 Å². The lowest BCUT2D eigenvalue weighted by atomic mass is 10.1. The lowest BCUT2D eigenvalue weighted by Gasteiger charge is -2.07. The highest BCUT2D eigenvalue weighted by atomic mass is 16.5. The maximum atomic E-state index is 11.9. The van der Waals surface area contributed by atoms with Crippen molar-refractivity contribution >= 4 is 5.91 Å². The highest BCUT2D eigenvalue weighted by molar-refractivity contribution is 5.75. The summed E-state index contributed by atoms with van der Waals surface area (Å²) in [6, 6.07) is 7.80. The van der Waals surface area contributed by atoms with E-state index in [-0.39, 0.29) is 5.91 Å². The minimum absolute atomic E-state index is 0.133. The number of rotatable bonds is 16. The third-order valence-electron chi connectivity index (χ3n) is 4.68. The highest BCUT2D eigenvalue weighted by Crippen LogP contribution is 2.12. The van der Waals surface area contributed by atoms with E-state index in [4.69, 9.17) is 4.74 Å². The van der Waals surface area contributed by atoms with Gasteiger partial charge in [0, 0.05) is 13.0 Å². The first-order valence-electron chi connectivity index (χ1n) is 11.1. The molecule has 0 aliphatic carbocycles. The minimum atomic E-state index is 0.133. The van der Waals surface area contributed by atoms with Crippen molar-refractivity contribution in [2.75, 3.05) is 7.11 Å². The molecule has 0 radical (unpaired) electrons. The molecule has 1 aromatic rings. The number of hydrogen-bond acceptors (Lipinski definition) is 2.